The van der Waals surface area contributed by atoms with Gasteiger partial charge >= 0.3 is 12.0 Å². The van der Waals surface area contributed by atoms with Crippen LogP contribution in [-0.4, -0.2) is 48.1 Å². The first-order chi connectivity index (χ1) is 9.72. The molecule has 0 aliphatic heterocycles. The Morgan fingerprint density at radius 1 is 1.29 bits per heavy atom. The van der Waals surface area contributed by atoms with Gasteiger partial charge < -0.3 is 20.6 Å². The molecular weight excluding hydrogens is 298 g/mol. The second-order valence-electron chi connectivity index (χ2n) is 4.55. The van der Waals surface area contributed by atoms with E-state index in [9.17, 15) is 14.4 Å². The Labute approximate surface area is 126 Å². The van der Waals surface area contributed by atoms with Crippen LogP contribution >= 0.6 is 11.6 Å². The molecule has 8 heteroatoms. The average Bonchev–Trinajstić information content (AvgIpc) is 2.39. The fraction of sp³-hybridized carbons (Fsp3) is 0.308. The van der Waals surface area contributed by atoms with Gasteiger partial charge in [0.25, 0.3) is 0 Å². The molecule has 1 aromatic rings. The van der Waals surface area contributed by atoms with E-state index in [1.54, 1.807) is 14.1 Å². The van der Waals surface area contributed by atoms with Gasteiger partial charge in [0.05, 0.1) is 16.3 Å². The van der Waals surface area contributed by atoms with Crippen LogP contribution in [0.15, 0.2) is 18.2 Å². The van der Waals surface area contributed by atoms with E-state index in [1.807, 2.05) is 0 Å². The number of hydrogen-bond acceptors (Lipinski definition) is 3. The number of nitrogens with zero attached hydrogens (tertiary/aromatic N) is 1. The molecular formula is C13H16ClN3O4. The van der Waals surface area contributed by atoms with E-state index < -0.39 is 18.0 Å². The highest BCUT2D eigenvalue weighted by Gasteiger charge is 2.18. The predicted octanol–water partition coefficient (Wildman–Crippen LogP) is 1.64. The molecule has 1 atom stereocenters. The van der Waals surface area contributed by atoms with Gasteiger partial charge in [-0.05, 0) is 25.1 Å². The Kier molecular flexibility index (Phi) is 5.54. The molecule has 0 saturated heterocycles. The summed E-state index contributed by atoms with van der Waals surface area (Å²) in [5.41, 5.74) is 0.144. The zero-order chi connectivity index (χ0) is 16.2. The molecule has 0 spiro atoms. The first kappa shape index (κ1) is 16.8. The molecule has 1 rings (SSSR count). The van der Waals surface area contributed by atoms with Crippen molar-refractivity contribution in [2.75, 3.05) is 19.4 Å². The van der Waals surface area contributed by atoms with Crippen LogP contribution in [0, 0.1) is 0 Å². The van der Waals surface area contributed by atoms with Crippen molar-refractivity contribution in [3.05, 3.63) is 28.8 Å². The van der Waals surface area contributed by atoms with Gasteiger partial charge in [-0.1, -0.05) is 11.6 Å². The van der Waals surface area contributed by atoms with Crippen molar-refractivity contribution >= 4 is 35.2 Å². The van der Waals surface area contributed by atoms with E-state index >= 15 is 0 Å². The van der Waals surface area contributed by atoms with Crippen LogP contribution < -0.4 is 10.6 Å². The van der Waals surface area contributed by atoms with Crippen molar-refractivity contribution in [3.63, 3.8) is 0 Å². The molecule has 114 valence electrons. The van der Waals surface area contributed by atoms with Crippen LogP contribution in [-0.2, 0) is 4.79 Å². The lowest BCUT2D eigenvalue weighted by molar-refractivity contribution is -0.130. The maximum Gasteiger partial charge on any atom is 0.335 e. The minimum Gasteiger partial charge on any atom is -0.478 e. The van der Waals surface area contributed by atoms with E-state index in [4.69, 9.17) is 16.7 Å². The summed E-state index contributed by atoms with van der Waals surface area (Å²) in [6.07, 6.45) is 0. The lowest BCUT2D eigenvalue weighted by Crippen LogP contribution is -2.45. The lowest BCUT2D eigenvalue weighted by Gasteiger charge is -2.18. The predicted molar refractivity (Wildman–Crippen MR) is 78.7 cm³/mol. The SMILES string of the molecule is CC(NC(=O)Nc1cc(C(=O)O)ccc1Cl)C(=O)N(C)C. The topological polar surface area (TPSA) is 98.7 Å². The standard InChI is InChI=1S/C13H16ClN3O4/c1-7(11(18)17(2)3)15-13(21)16-10-6-8(12(19)20)4-5-9(10)14/h4-7H,1-3H3,(H,19,20)(H2,15,16,21). The smallest absolute Gasteiger partial charge is 0.335 e. The molecule has 3 amide bonds. The van der Waals surface area contributed by atoms with Gasteiger partial charge in [-0.25, -0.2) is 9.59 Å². The number of halogens is 1. The number of amides is 3. The molecule has 0 aliphatic carbocycles. The van der Waals surface area contributed by atoms with E-state index in [-0.39, 0.29) is 22.2 Å². The highest BCUT2D eigenvalue weighted by Crippen LogP contribution is 2.23. The zero-order valence-electron chi connectivity index (χ0n) is 11.8. The second kappa shape index (κ2) is 6.94. The summed E-state index contributed by atoms with van der Waals surface area (Å²) in [5, 5.41) is 13.9. The number of benzene rings is 1. The number of carboxylic acid groups (broad SMARTS) is 1. The highest BCUT2D eigenvalue weighted by atomic mass is 35.5. The maximum atomic E-state index is 11.8. The van der Waals surface area contributed by atoms with Gasteiger partial charge in [-0.15, -0.1) is 0 Å². The minimum atomic E-state index is -1.13. The number of aromatic carboxylic acids is 1. The van der Waals surface area contributed by atoms with Gasteiger partial charge in [0.2, 0.25) is 5.91 Å². The Morgan fingerprint density at radius 3 is 2.43 bits per heavy atom. The molecule has 0 heterocycles. The molecule has 1 aromatic carbocycles. The van der Waals surface area contributed by atoms with Crippen LogP contribution in [0.5, 0.6) is 0 Å². The molecule has 0 fully saturated rings. The summed E-state index contributed by atoms with van der Waals surface area (Å²) >= 11 is 5.88. The van der Waals surface area contributed by atoms with Gasteiger partial charge in [0.15, 0.2) is 0 Å². The van der Waals surface area contributed by atoms with Crippen molar-refractivity contribution < 1.29 is 19.5 Å². The van der Waals surface area contributed by atoms with Crippen molar-refractivity contribution in [2.24, 2.45) is 0 Å². The number of anilines is 1. The number of rotatable bonds is 4. The third-order valence-electron chi connectivity index (χ3n) is 2.62. The molecule has 3 N–H and O–H groups in total. The van der Waals surface area contributed by atoms with Crippen LogP contribution in [0.25, 0.3) is 0 Å². The first-order valence-electron chi connectivity index (χ1n) is 6.04. The number of likely N-dealkylation sites (N-methyl/N-ethyl adjacent to an activating group) is 1. The van der Waals surface area contributed by atoms with Crippen LogP contribution in [0.4, 0.5) is 10.5 Å². The molecule has 0 bridgehead atoms. The monoisotopic (exact) mass is 313 g/mol. The number of carbonyl (C=O) groups excluding carboxylic acids is 2. The Balaban J connectivity index is 2.77. The molecule has 0 radical (unpaired) electrons. The zero-order valence-corrected chi connectivity index (χ0v) is 12.6. The Morgan fingerprint density at radius 2 is 1.90 bits per heavy atom. The lowest BCUT2D eigenvalue weighted by atomic mass is 10.2. The van der Waals surface area contributed by atoms with Crippen LogP contribution in [0.1, 0.15) is 17.3 Å². The minimum absolute atomic E-state index is 0.00730. The fourth-order valence-corrected chi connectivity index (χ4v) is 1.72. The normalized spacial score (nSPS) is 11.4. The van der Waals surface area contributed by atoms with Crippen LogP contribution in [0.2, 0.25) is 5.02 Å². The summed E-state index contributed by atoms with van der Waals surface area (Å²) in [5.74, 6) is -1.40. The van der Waals surface area contributed by atoms with Crippen LogP contribution in [0.3, 0.4) is 0 Å². The molecule has 0 aromatic heterocycles. The summed E-state index contributed by atoms with van der Waals surface area (Å²) < 4.78 is 0. The van der Waals surface area contributed by atoms with Gasteiger partial charge in [0.1, 0.15) is 6.04 Å². The number of hydrogen-bond donors (Lipinski definition) is 3. The number of carboxylic acids is 1. The molecule has 7 nitrogen and oxygen atoms in total. The van der Waals surface area contributed by atoms with Crippen molar-refractivity contribution in [2.45, 2.75) is 13.0 Å². The summed E-state index contributed by atoms with van der Waals surface area (Å²) in [4.78, 5) is 35.6. The average molecular weight is 314 g/mol. The van der Waals surface area contributed by atoms with Crippen molar-refractivity contribution in [3.8, 4) is 0 Å². The molecule has 0 aliphatic rings. The molecule has 21 heavy (non-hydrogen) atoms. The Hall–Kier alpha value is -2.28. The number of urea groups is 1. The summed E-state index contributed by atoms with van der Waals surface area (Å²) in [6, 6.07) is 2.56. The highest BCUT2D eigenvalue weighted by molar-refractivity contribution is 6.33. The summed E-state index contributed by atoms with van der Waals surface area (Å²) in [7, 11) is 3.15. The van der Waals surface area contributed by atoms with Gasteiger partial charge in [-0.2, -0.15) is 0 Å². The summed E-state index contributed by atoms with van der Waals surface area (Å²) in [6.45, 7) is 1.54. The van der Waals surface area contributed by atoms with E-state index in [2.05, 4.69) is 10.6 Å². The third kappa shape index (κ3) is 4.64. The first-order valence-corrected chi connectivity index (χ1v) is 6.41. The third-order valence-corrected chi connectivity index (χ3v) is 2.95. The number of nitrogens with one attached hydrogen (secondary N) is 2. The van der Waals surface area contributed by atoms with Crippen molar-refractivity contribution in [1.82, 2.24) is 10.2 Å². The second-order valence-corrected chi connectivity index (χ2v) is 4.96. The maximum absolute atomic E-state index is 11.8. The molecule has 0 saturated carbocycles. The van der Waals surface area contributed by atoms with E-state index in [0.29, 0.717) is 0 Å². The van der Waals surface area contributed by atoms with E-state index in [1.165, 1.54) is 30.0 Å². The fourth-order valence-electron chi connectivity index (χ4n) is 1.56. The largest absolute Gasteiger partial charge is 0.478 e. The van der Waals surface area contributed by atoms with Gasteiger partial charge in [0, 0.05) is 14.1 Å². The van der Waals surface area contributed by atoms with Crippen molar-refractivity contribution in [1.29, 1.82) is 0 Å². The molecule has 1 unspecified atom stereocenters. The Bertz CT molecular complexity index is 575. The van der Waals surface area contributed by atoms with Gasteiger partial charge in [-0.3, -0.25) is 4.79 Å². The number of carbonyl (C=O) groups is 3. The van der Waals surface area contributed by atoms with E-state index in [0.717, 1.165) is 0 Å². The quantitative estimate of drug-likeness (QED) is 0.787.